The molecule has 2 heterocycles. The van der Waals surface area contributed by atoms with Crippen molar-refractivity contribution in [3.63, 3.8) is 0 Å². The van der Waals surface area contributed by atoms with Crippen molar-refractivity contribution < 1.29 is 14.6 Å². The van der Waals surface area contributed by atoms with Gasteiger partial charge in [0.2, 0.25) is 6.04 Å². The van der Waals surface area contributed by atoms with E-state index in [1.54, 1.807) is 7.05 Å². The van der Waals surface area contributed by atoms with Crippen molar-refractivity contribution in [2.24, 2.45) is 0 Å². The molecule has 0 aliphatic carbocycles. The van der Waals surface area contributed by atoms with E-state index in [9.17, 15) is 9.59 Å². The number of thiocarbonyl (C=S) groups is 1. The van der Waals surface area contributed by atoms with Gasteiger partial charge in [0.25, 0.3) is 16.9 Å². The lowest BCUT2D eigenvalue weighted by Crippen LogP contribution is -2.79. The van der Waals surface area contributed by atoms with E-state index in [-0.39, 0.29) is 11.9 Å². The van der Waals surface area contributed by atoms with Crippen LogP contribution in [0.2, 0.25) is 0 Å². The van der Waals surface area contributed by atoms with Gasteiger partial charge in [-0.2, -0.15) is 0 Å². The van der Waals surface area contributed by atoms with Crippen LogP contribution in [0.15, 0.2) is 24.3 Å². The van der Waals surface area contributed by atoms with Crippen molar-refractivity contribution in [1.29, 1.82) is 0 Å². The Hall–Kier alpha value is -2.28. The van der Waals surface area contributed by atoms with Gasteiger partial charge in [-0.25, -0.2) is 14.7 Å². The van der Waals surface area contributed by atoms with Gasteiger partial charge in [-0.3, -0.25) is 14.6 Å². The highest BCUT2D eigenvalue weighted by atomic mass is 32.1. The normalized spacial score (nSPS) is 21.4. The van der Waals surface area contributed by atoms with Crippen LogP contribution in [0.4, 0.5) is 4.79 Å². The summed E-state index contributed by atoms with van der Waals surface area (Å²) in [6.07, 6.45) is 0. The van der Waals surface area contributed by atoms with Crippen molar-refractivity contribution >= 4 is 35.1 Å². The van der Waals surface area contributed by atoms with Gasteiger partial charge < -0.3 is 0 Å². The SMILES string of the molecule is Cc1ccc(CN2C(=S)[NH+]=C3C2C(=O)N(C)C(=O)N3C)cc1. The number of hydrogen-bond acceptors (Lipinski definition) is 3. The molecule has 7 heteroatoms. The maximum atomic E-state index is 12.5. The van der Waals surface area contributed by atoms with E-state index in [0.29, 0.717) is 17.5 Å². The summed E-state index contributed by atoms with van der Waals surface area (Å²) in [7, 11) is 3.13. The van der Waals surface area contributed by atoms with Crippen molar-refractivity contribution in [3.05, 3.63) is 35.4 Å². The minimum atomic E-state index is -0.568. The second-order valence-electron chi connectivity index (χ2n) is 5.57. The Balaban J connectivity index is 1.91. The largest absolute Gasteiger partial charge is 0.388 e. The zero-order valence-corrected chi connectivity index (χ0v) is 13.5. The molecule has 3 amide bonds. The number of benzene rings is 1. The fourth-order valence-electron chi connectivity index (χ4n) is 2.69. The minimum Gasteiger partial charge on any atom is -0.270 e. The molecule has 1 aromatic carbocycles. The molecule has 114 valence electrons. The summed E-state index contributed by atoms with van der Waals surface area (Å²) < 4.78 is 0. The Bertz CT molecular complexity index is 698. The molecule has 0 saturated carbocycles. The van der Waals surface area contributed by atoms with Crippen LogP contribution < -0.4 is 4.99 Å². The van der Waals surface area contributed by atoms with Crippen LogP contribution in [0.5, 0.6) is 0 Å². The van der Waals surface area contributed by atoms with Gasteiger partial charge in [0.05, 0.1) is 13.6 Å². The fraction of sp³-hybridized carbons (Fsp3) is 0.333. The molecule has 3 rings (SSSR count). The number of carbonyl (C=O) groups is 2. The molecule has 0 radical (unpaired) electrons. The average Bonchev–Trinajstić information content (AvgIpc) is 2.82. The quantitative estimate of drug-likeness (QED) is 0.745. The van der Waals surface area contributed by atoms with E-state index in [0.717, 1.165) is 10.5 Å². The number of amidine groups is 1. The predicted molar refractivity (Wildman–Crippen MR) is 85.0 cm³/mol. The van der Waals surface area contributed by atoms with Crippen LogP contribution in [0.3, 0.4) is 0 Å². The Labute approximate surface area is 134 Å². The maximum Gasteiger partial charge on any atom is 0.388 e. The fourth-order valence-corrected chi connectivity index (χ4v) is 2.97. The molecule has 1 aromatic rings. The Morgan fingerprint density at radius 2 is 1.77 bits per heavy atom. The van der Waals surface area contributed by atoms with E-state index >= 15 is 0 Å². The predicted octanol–water partition coefficient (Wildman–Crippen LogP) is -0.533. The topological polar surface area (TPSA) is 57.8 Å². The van der Waals surface area contributed by atoms with Gasteiger partial charge in [-0.1, -0.05) is 29.8 Å². The summed E-state index contributed by atoms with van der Waals surface area (Å²) in [6.45, 7) is 2.54. The first-order valence-corrected chi connectivity index (χ1v) is 7.36. The third kappa shape index (κ3) is 2.18. The van der Waals surface area contributed by atoms with Crippen LogP contribution in [-0.2, 0) is 11.3 Å². The molecule has 0 aromatic heterocycles. The highest BCUT2D eigenvalue weighted by Crippen LogP contribution is 2.19. The van der Waals surface area contributed by atoms with E-state index in [1.807, 2.05) is 36.1 Å². The van der Waals surface area contributed by atoms with Crippen molar-refractivity contribution in [2.45, 2.75) is 19.5 Å². The highest BCUT2D eigenvalue weighted by Gasteiger charge is 2.54. The number of likely N-dealkylation sites (N-methyl/N-ethyl adjacent to an activating group) is 2. The Morgan fingerprint density at radius 1 is 1.14 bits per heavy atom. The van der Waals surface area contributed by atoms with Gasteiger partial charge in [0.15, 0.2) is 0 Å². The summed E-state index contributed by atoms with van der Waals surface area (Å²) in [6, 6.07) is 7.16. The summed E-state index contributed by atoms with van der Waals surface area (Å²) in [5.74, 6) is 0.266. The van der Waals surface area contributed by atoms with E-state index in [4.69, 9.17) is 12.2 Å². The van der Waals surface area contributed by atoms with Crippen LogP contribution in [0, 0.1) is 6.92 Å². The first kappa shape index (κ1) is 14.6. The molecule has 2 aliphatic heterocycles. The molecule has 6 nitrogen and oxygen atoms in total. The third-order valence-corrected chi connectivity index (χ3v) is 4.38. The molecule has 0 spiro atoms. The van der Waals surface area contributed by atoms with Gasteiger partial charge >= 0.3 is 6.03 Å². The molecular weight excluding hydrogens is 300 g/mol. The molecule has 1 N–H and O–H groups in total. The van der Waals surface area contributed by atoms with E-state index in [2.05, 4.69) is 4.99 Å². The van der Waals surface area contributed by atoms with Crippen LogP contribution >= 0.6 is 12.2 Å². The number of nitrogens with zero attached hydrogens (tertiary/aromatic N) is 3. The van der Waals surface area contributed by atoms with E-state index in [1.165, 1.54) is 17.5 Å². The number of urea groups is 1. The summed E-state index contributed by atoms with van der Waals surface area (Å²) in [4.78, 5) is 31.9. The second-order valence-corrected chi connectivity index (χ2v) is 5.96. The molecule has 1 fully saturated rings. The van der Waals surface area contributed by atoms with Gasteiger partial charge in [-0.05, 0) is 24.7 Å². The van der Waals surface area contributed by atoms with E-state index < -0.39 is 6.04 Å². The first-order chi connectivity index (χ1) is 10.4. The van der Waals surface area contributed by atoms with Crippen molar-refractivity contribution in [2.75, 3.05) is 14.1 Å². The summed E-state index contributed by atoms with van der Waals surface area (Å²) in [5.41, 5.74) is 2.24. The lowest BCUT2D eigenvalue weighted by molar-refractivity contribution is -0.320. The smallest absolute Gasteiger partial charge is 0.270 e. The zero-order chi connectivity index (χ0) is 16.0. The number of imide groups is 1. The van der Waals surface area contributed by atoms with Crippen LogP contribution in [0.1, 0.15) is 11.1 Å². The number of rotatable bonds is 2. The number of amides is 3. The molecule has 0 bridgehead atoms. The summed E-state index contributed by atoms with van der Waals surface area (Å²) in [5, 5.41) is 0.462. The lowest BCUT2D eigenvalue weighted by atomic mass is 10.1. The standard InChI is InChI=1S/C15H16N4O2S/c1-9-4-6-10(7-5-9)8-19-11-12(16-14(19)22)17(2)15(21)18(3)13(11)20/h4-7,11H,8H2,1-3H3/p+1. The monoisotopic (exact) mass is 317 g/mol. The number of carbonyl (C=O) groups excluding carboxylic acids is 2. The number of aryl methyl sites for hydroxylation is 1. The molecular formula is C15H17N4O2S+. The van der Waals surface area contributed by atoms with Crippen LogP contribution in [-0.4, -0.2) is 57.7 Å². The van der Waals surface area contributed by atoms with Gasteiger partial charge in [0.1, 0.15) is 0 Å². The first-order valence-electron chi connectivity index (χ1n) is 6.95. The molecule has 1 saturated heterocycles. The van der Waals surface area contributed by atoms with Crippen LogP contribution in [0.25, 0.3) is 0 Å². The maximum absolute atomic E-state index is 12.5. The second kappa shape index (κ2) is 5.17. The molecule has 1 unspecified atom stereocenters. The highest BCUT2D eigenvalue weighted by molar-refractivity contribution is 7.79. The summed E-state index contributed by atoms with van der Waals surface area (Å²) >= 11 is 5.35. The molecule has 2 aliphatic rings. The molecule has 22 heavy (non-hydrogen) atoms. The molecule has 1 atom stereocenters. The number of hydrogen-bond donors (Lipinski definition) is 1. The Kier molecular flexibility index (Phi) is 3.44. The van der Waals surface area contributed by atoms with Crippen molar-refractivity contribution in [3.8, 4) is 0 Å². The average molecular weight is 317 g/mol. The lowest BCUT2D eigenvalue weighted by Gasteiger charge is -2.31. The van der Waals surface area contributed by atoms with Crippen molar-refractivity contribution in [1.82, 2.24) is 14.7 Å². The van der Waals surface area contributed by atoms with Gasteiger partial charge in [-0.15, -0.1) is 0 Å². The number of fused-ring (bicyclic) bond motifs is 1. The third-order valence-electron chi connectivity index (χ3n) is 4.04. The van der Waals surface area contributed by atoms with Gasteiger partial charge in [0, 0.05) is 7.05 Å². The minimum absolute atomic E-state index is 0.266. The zero-order valence-electron chi connectivity index (χ0n) is 12.7. The number of nitrogens with one attached hydrogen (secondary N) is 1. The Morgan fingerprint density at radius 3 is 2.41 bits per heavy atom.